The van der Waals surface area contributed by atoms with Crippen molar-refractivity contribution in [3.05, 3.63) is 60.1 Å². The number of carboxylic acid groups (broad SMARTS) is 2. The van der Waals surface area contributed by atoms with Gasteiger partial charge in [0.1, 0.15) is 0 Å². The number of aromatic carboxylic acids is 2. The Hall–Kier alpha value is -2.76. The molecule has 0 unspecified atom stereocenters. The second-order valence-corrected chi connectivity index (χ2v) is 4.30. The van der Waals surface area contributed by atoms with Gasteiger partial charge in [0.25, 0.3) is 0 Å². The Kier molecular flexibility index (Phi) is 6.69. The number of carboxylic acids is 2. The lowest BCUT2D eigenvalue weighted by molar-refractivity contribution is 0.0678. The van der Waals surface area contributed by atoms with Crippen LogP contribution in [0.1, 0.15) is 31.8 Å². The molecule has 0 saturated carbocycles. The summed E-state index contributed by atoms with van der Waals surface area (Å²) in [5.74, 6) is -2.23. The van der Waals surface area contributed by atoms with E-state index < -0.39 is 11.9 Å². The molecule has 1 aromatic rings. The SMILES string of the molecule is C=COCCc1c(C(=O)O)ccc(C(=O)O)c1CCOC=C. The summed E-state index contributed by atoms with van der Waals surface area (Å²) in [4.78, 5) is 22.7. The fraction of sp³-hybridized carbons (Fsp3) is 0.250. The fourth-order valence-corrected chi connectivity index (χ4v) is 2.15. The Labute approximate surface area is 128 Å². The Morgan fingerprint density at radius 1 is 0.909 bits per heavy atom. The van der Waals surface area contributed by atoms with E-state index in [4.69, 9.17) is 9.47 Å². The molecule has 118 valence electrons. The maximum atomic E-state index is 11.4. The predicted octanol–water partition coefficient (Wildman–Crippen LogP) is 2.49. The third-order valence-corrected chi connectivity index (χ3v) is 3.07. The summed E-state index contributed by atoms with van der Waals surface area (Å²) in [6.07, 6.45) is 3.03. The Morgan fingerprint density at radius 3 is 1.55 bits per heavy atom. The van der Waals surface area contributed by atoms with E-state index >= 15 is 0 Å². The van der Waals surface area contributed by atoms with Crippen molar-refractivity contribution < 1.29 is 29.3 Å². The quantitative estimate of drug-likeness (QED) is 0.509. The average Bonchev–Trinajstić information content (AvgIpc) is 2.47. The van der Waals surface area contributed by atoms with Crippen LogP contribution in [0, 0.1) is 0 Å². The van der Waals surface area contributed by atoms with Gasteiger partial charge in [-0.05, 0) is 23.3 Å². The molecule has 22 heavy (non-hydrogen) atoms. The Bertz CT molecular complexity index is 525. The first-order chi connectivity index (χ1) is 10.5. The molecule has 0 radical (unpaired) electrons. The zero-order valence-corrected chi connectivity index (χ0v) is 12.1. The number of rotatable bonds is 10. The summed E-state index contributed by atoms with van der Waals surface area (Å²) in [5.41, 5.74) is 0.987. The van der Waals surface area contributed by atoms with Crippen LogP contribution in [0.5, 0.6) is 0 Å². The Morgan fingerprint density at radius 2 is 1.27 bits per heavy atom. The number of benzene rings is 1. The molecule has 0 fully saturated rings. The van der Waals surface area contributed by atoms with E-state index in [-0.39, 0.29) is 37.2 Å². The highest BCUT2D eigenvalue weighted by Gasteiger charge is 2.20. The molecule has 0 aliphatic carbocycles. The second-order valence-electron chi connectivity index (χ2n) is 4.30. The lowest BCUT2D eigenvalue weighted by atomic mass is 9.92. The van der Waals surface area contributed by atoms with Crippen molar-refractivity contribution in [3.63, 3.8) is 0 Å². The molecule has 6 heteroatoms. The largest absolute Gasteiger partial charge is 0.501 e. The second kappa shape index (κ2) is 8.51. The van der Waals surface area contributed by atoms with E-state index in [1.807, 2.05) is 0 Å². The van der Waals surface area contributed by atoms with Crippen LogP contribution < -0.4 is 0 Å². The highest BCUT2D eigenvalue weighted by molar-refractivity contribution is 5.95. The summed E-state index contributed by atoms with van der Waals surface area (Å²) in [6.45, 7) is 7.25. The van der Waals surface area contributed by atoms with Crippen molar-refractivity contribution in [3.8, 4) is 0 Å². The minimum atomic E-state index is -1.11. The topological polar surface area (TPSA) is 93.1 Å². The minimum absolute atomic E-state index is 0.0614. The molecular weight excluding hydrogens is 288 g/mol. The van der Waals surface area contributed by atoms with Crippen LogP contribution in [-0.4, -0.2) is 35.4 Å². The van der Waals surface area contributed by atoms with Gasteiger partial charge in [-0.25, -0.2) is 9.59 Å². The molecular formula is C16H18O6. The number of ether oxygens (including phenoxy) is 2. The monoisotopic (exact) mass is 306 g/mol. The van der Waals surface area contributed by atoms with Crippen molar-refractivity contribution in [2.24, 2.45) is 0 Å². The van der Waals surface area contributed by atoms with Crippen LogP contribution in [0.15, 0.2) is 37.8 Å². The molecule has 2 N–H and O–H groups in total. The van der Waals surface area contributed by atoms with Gasteiger partial charge in [0.05, 0.1) is 36.9 Å². The molecule has 6 nitrogen and oxygen atoms in total. The summed E-state index contributed by atoms with van der Waals surface area (Å²) in [6, 6.07) is 2.60. The van der Waals surface area contributed by atoms with Crippen LogP contribution in [0.25, 0.3) is 0 Å². The molecule has 0 heterocycles. The minimum Gasteiger partial charge on any atom is -0.501 e. The number of hydrogen-bond donors (Lipinski definition) is 2. The van der Waals surface area contributed by atoms with Gasteiger partial charge in [0, 0.05) is 12.8 Å². The predicted molar refractivity (Wildman–Crippen MR) is 80.1 cm³/mol. The van der Waals surface area contributed by atoms with E-state index in [9.17, 15) is 19.8 Å². The van der Waals surface area contributed by atoms with Crippen LogP contribution >= 0.6 is 0 Å². The van der Waals surface area contributed by atoms with E-state index in [1.54, 1.807) is 0 Å². The lowest BCUT2D eigenvalue weighted by Crippen LogP contribution is -2.14. The summed E-state index contributed by atoms with van der Waals surface area (Å²) < 4.78 is 10.1. The average molecular weight is 306 g/mol. The Balaban J connectivity index is 3.29. The lowest BCUT2D eigenvalue weighted by Gasteiger charge is -2.15. The molecule has 0 atom stereocenters. The third kappa shape index (κ3) is 4.37. The van der Waals surface area contributed by atoms with Crippen molar-refractivity contribution in [2.45, 2.75) is 12.8 Å². The smallest absolute Gasteiger partial charge is 0.335 e. The van der Waals surface area contributed by atoms with E-state index in [1.165, 1.54) is 24.7 Å². The maximum Gasteiger partial charge on any atom is 0.335 e. The van der Waals surface area contributed by atoms with Crippen LogP contribution in [-0.2, 0) is 22.3 Å². The summed E-state index contributed by atoms with van der Waals surface area (Å²) in [7, 11) is 0. The maximum absolute atomic E-state index is 11.4. The van der Waals surface area contributed by atoms with Gasteiger partial charge in [-0.15, -0.1) is 0 Å². The van der Waals surface area contributed by atoms with Gasteiger partial charge < -0.3 is 19.7 Å². The van der Waals surface area contributed by atoms with Crippen molar-refractivity contribution in [1.82, 2.24) is 0 Å². The van der Waals surface area contributed by atoms with Crippen LogP contribution in [0.3, 0.4) is 0 Å². The molecule has 0 aliphatic rings. The molecule has 0 aromatic heterocycles. The number of hydrogen-bond acceptors (Lipinski definition) is 4. The molecule has 1 aromatic carbocycles. The molecule has 0 saturated heterocycles. The van der Waals surface area contributed by atoms with Gasteiger partial charge in [0.2, 0.25) is 0 Å². The van der Waals surface area contributed by atoms with Gasteiger partial charge >= 0.3 is 11.9 Å². The zero-order chi connectivity index (χ0) is 16.5. The van der Waals surface area contributed by atoms with E-state index in [0.29, 0.717) is 11.1 Å². The van der Waals surface area contributed by atoms with E-state index in [2.05, 4.69) is 13.2 Å². The first kappa shape index (κ1) is 17.3. The molecule has 1 rings (SSSR count). The van der Waals surface area contributed by atoms with Gasteiger partial charge in [0.15, 0.2) is 0 Å². The normalized spacial score (nSPS) is 9.82. The third-order valence-electron chi connectivity index (χ3n) is 3.07. The molecule has 0 bridgehead atoms. The van der Waals surface area contributed by atoms with Crippen molar-refractivity contribution in [2.75, 3.05) is 13.2 Å². The highest BCUT2D eigenvalue weighted by atomic mass is 16.5. The van der Waals surface area contributed by atoms with Gasteiger partial charge in [-0.2, -0.15) is 0 Å². The number of carbonyl (C=O) groups is 2. The van der Waals surface area contributed by atoms with Crippen molar-refractivity contribution >= 4 is 11.9 Å². The molecule has 0 aliphatic heterocycles. The van der Waals surface area contributed by atoms with Crippen LogP contribution in [0.2, 0.25) is 0 Å². The summed E-state index contributed by atoms with van der Waals surface area (Å²) >= 11 is 0. The zero-order valence-electron chi connectivity index (χ0n) is 12.1. The standard InChI is InChI=1S/C16H18O6/c1-3-21-9-7-11-12(8-10-22-4-2)14(16(19)20)6-5-13(11)15(17)18/h3-6H,1-2,7-10H2,(H,17,18)(H,19,20). The van der Waals surface area contributed by atoms with Crippen molar-refractivity contribution in [1.29, 1.82) is 0 Å². The van der Waals surface area contributed by atoms with Gasteiger partial charge in [-0.3, -0.25) is 0 Å². The fourth-order valence-electron chi connectivity index (χ4n) is 2.15. The first-order valence-corrected chi connectivity index (χ1v) is 6.59. The van der Waals surface area contributed by atoms with E-state index in [0.717, 1.165) is 0 Å². The molecule has 0 amide bonds. The highest BCUT2D eigenvalue weighted by Crippen LogP contribution is 2.22. The van der Waals surface area contributed by atoms with Gasteiger partial charge in [-0.1, -0.05) is 13.2 Å². The molecule has 0 spiro atoms. The van der Waals surface area contributed by atoms with Crippen LogP contribution in [0.4, 0.5) is 0 Å². The summed E-state index contributed by atoms with van der Waals surface area (Å²) in [5, 5.41) is 18.6. The first-order valence-electron chi connectivity index (χ1n) is 6.59.